The maximum atomic E-state index is 10.8. The van der Waals surface area contributed by atoms with Gasteiger partial charge >= 0.3 is 0 Å². The van der Waals surface area contributed by atoms with Crippen molar-refractivity contribution in [2.75, 3.05) is 0 Å². The molecular formula is C9H11BrN2O. The topological polar surface area (TPSA) is 34.9 Å². The summed E-state index contributed by atoms with van der Waals surface area (Å²) >= 11 is 3.41. The fraction of sp³-hybridized carbons (Fsp3) is 0.556. The molecule has 1 aliphatic rings. The van der Waals surface area contributed by atoms with Crippen molar-refractivity contribution in [2.45, 2.75) is 32.2 Å². The van der Waals surface area contributed by atoms with Gasteiger partial charge in [0.25, 0.3) is 0 Å². The van der Waals surface area contributed by atoms with Crippen molar-refractivity contribution < 1.29 is 4.79 Å². The predicted molar refractivity (Wildman–Crippen MR) is 52.7 cm³/mol. The first-order valence-corrected chi connectivity index (χ1v) is 5.22. The molecule has 2 heterocycles. The van der Waals surface area contributed by atoms with Crippen molar-refractivity contribution in [1.82, 2.24) is 9.55 Å². The molecule has 0 N–H and O–H groups in total. The molecule has 0 spiro atoms. The number of imidazole rings is 1. The van der Waals surface area contributed by atoms with Crippen LogP contribution in [0.2, 0.25) is 0 Å². The third-order valence-corrected chi connectivity index (χ3v) is 3.17. The van der Waals surface area contributed by atoms with Gasteiger partial charge in [-0.2, -0.15) is 0 Å². The lowest BCUT2D eigenvalue weighted by Crippen LogP contribution is -2.19. The molecule has 0 radical (unpaired) electrons. The van der Waals surface area contributed by atoms with E-state index in [2.05, 4.69) is 20.9 Å². The van der Waals surface area contributed by atoms with Gasteiger partial charge in [-0.15, -0.1) is 0 Å². The molecule has 3 nitrogen and oxygen atoms in total. The Bertz CT molecular complexity index is 346. The van der Waals surface area contributed by atoms with Crippen molar-refractivity contribution in [3.05, 3.63) is 16.1 Å². The maximum absolute atomic E-state index is 10.8. The largest absolute Gasteiger partial charge is 0.321 e. The molecule has 1 aromatic rings. The summed E-state index contributed by atoms with van der Waals surface area (Å²) in [6.45, 7) is 1.94. The molecule has 13 heavy (non-hydrogen) atoms. The van der Waals surface area contributed by atoms with E-state index < -0.39 is 0 Å². The molecule has 1 atom stereocenters. The van der Waals surface area contributed by atoms with E-state index in [1.165, 1.54) is 5.69 Å². The second kappa shape index (κ2) is 3.25. The Kier molecular flexibility index (Phi) is 2.24. The van der Waals surface area contributed by atoms with E-state index >= 15 is 0 Å². The number of hydrogen-bond donors (Lipinski definition) is 0. The third kappa shape index (κ3) is 1.33. The Labute approximate surface area is 85.3 Å². The first-order chi connectivity index (χ1) is 6.24. The van der Waals surface area contributed by atoms with E-state index in [1.807, 2.05) is 11.5 Å². The van der Waals surface area contributed by atoms with E-state index in [0.717, 1.165) is 36.0 Å². The van der Waals surface area contributed by atoms with Crippen molar-refractivity contribution >= 4 is 22.2 Å². The minimum atomic E-state index is 0.00236. The molecule has 1 aromatic heterocycles. The van der Waals surface area contributed by atoms with Crippen LogP contribution in [0.1, 0.15) is 30.4 Å². The number of carbonyl (C=O) groups excluding carboxylic acids is 1. The number of hydrogen-bond acceptors (Lipinski definition) is 2. The predicted octanol–water partition coefficient (Wildman–Crippen LogP) is 2.03. The minimum absolute atomic E-state index is 0.00236. The molecule has 0 fully saturated rings. The van der Waals surface area contributed by atoms with Gasteiger partial charge in [0.15, 0.2) is 0 Å². The number of carbonyl (C=O) groups is 1. The number of aldehydes is 1. The Morgan fingerprint density at radius 2 is 2.46 bits per heavy atom. The zero-order valence-electron chi connectivity index (χ0n) is 7.46. The van der Waals surface area contributed by atoms with Gasteiger partial charge in [0.1, 0.15) is 16.7 Å². The van der Waals surface area contributed by atoms with E-state index in [0.29, 0.717) is 0 Å². The average Bonchev–Trinajstić information content (AvgIpc) is 2.43. The van der Waals surface area contributed by atoms with Crippen LogP contribution in [0.15, 0.2) is 4.60 Å². The lowest BCUT2D eigenvalue weighted by molar-refractivity contribution is -0.111. The van der Waals surface area contributed by atoms with Gasteiger partial charge in [-0.05, 0) is 42.1 Å². The summed E-state index contributed by atoms with van der Waals surface area (Å²) < 4.78 is 2.94. The van der Waals surface area contributed by atoms with Crippen LogP contribution in [0.4, 0.5) is 0 Å². The smallest absolute Gasteiger partial charge is 0.142 e. The summed E-state index contributed by atoms with van der Waals surface area (Å²) in [7, 11) is 0. The highest BCUT2D eigenvalue weighted by molar-refractivity contribution is 9.10. The highest BCUT2D eigenvalue weighted by atomic mass is 79.9. The fourth-order valence-corrected chi connectivity index (χ4v) is 2.60. The lowest BCUT2D eigenvalue weighted by atomic mass is 10.0. The number of fused-ring (bicyclic) bond motifs is 1. The van der Waals surface area contributed by atoms with Gasteiger partial charge in [0, 0.05) is 0 Å². The van der Waals surface area contributed by atoms with Crippen LogP contribution in [0.5, 0.6) is 0 Å². The molecule has 70 valence electrons. The zero-order chi connectivity index (χ0) is 9.42. The Morgan fingerprint density at radius 1 is 1.69 bits per heavy atom. The van der Waals surface area contributed by atoms with E-state index in [9.17, 15) is 4.79 Å². The highest BCUT2D eigenvalue weighted by Crippen LogP contribution is 2.29. The van der Waals surface area contributed by atoms with Crippen LogP contribution in [-0.2, 0) is 11.2 Å². The minimum Gasteiger partial charge on any atom is -0.321 e. The van der Waals surface area contributed by atoms with Crippen LogP contribution < -0.4 is 0 Å². The maximum Gasteiger partial charge on any atom is 0.142 e. The molecule has 1 aliphatic heterocycles. The number of nitrogens with zero attached hydrogens (tertiary/aromatic N) is 2. The van der Waals surface area contributed by atoms with Crippen LogP contribution in [0, 0.1) is 6.92 Å². The van der Waals surface area contributed by atoms with Gasteiger partial charge in [-0.3, -0.25) is 0 Å². The highest BCUT2D eigenvalue weighted by Gasteiger charge is 2.23. The Balaban J connectivity index is 2.54. The van der Waals surface area contributed by atoms with Crippen LogP contribution in [0.25, 0.3) is 0 Å². The molecule has 1 unspecified atom stereocenters. The normalized spacial score (nSPS) is 21.2. The zero-order valence-corrected chi connectivity index (χ0v) is 9.04. The first-order valence-electron chi connectivity index (χ1n) is 4.42. The average molecular weight is 243 g/mol. The van der Waals surface area contributed by atoms with Gasteiger partial charge in [0.2, 0.25) is 0 Å². The summed E-state index contributed by atoms with van der Waals surface area (Å²) in [5, 5.41) is 0. The van der Waals surface area contributed by atoms with Gasteiger partial charge in [-0.25, -0.2) is 4.98 Å². The molecule has 4 heteroatoms. The lowest BCUT2D eigenvalue weighted by Gasteiger charge is -2.22. The Morgan fingerprint density at radius 3 is 3.15 bits per heavy atom. The first kappa shape index (κ1) is 8.94. The number of aryl methyl sites for hydroxylation is 1. The van der Waals surface area contributed by atoms with E-state index in [1.54, 1.807) is 0 Å². The number of aromatic nitrogens is 2. The molecule has 0 aliphatic carbocycles. The summed E-state index contributed by atoms with van der Waals surface area (Å²) in [5.74, 6) is 0.929. The third-order valence-electron chi connectivity index (χ3n) is 2.54. The van der Waals surface area contributed by atoms with Crippen LogP contribution >= 0.6 is 15.9 Å². The quantitative estimate of drug-likeness (QED) is 0.707. The summed E-state index contributed by atoms with van der Waals surface area (Å²) in [6.07, 6.45) is 4.06. The standard InChI is InChI=1S/C9H11BrN2O/c1-6-11-9(10)8-4-2-3-7(5-13)12(6)8/h5,7H,2-4H2,1H3. The fourth-order valence-electron chi connectivity index (χ4n) is 1.96. The second-order valence-corrected chi connectivity index (χ2v) is 4.11. The van der Waals surface area contributed by atoms with Crippen molar-refractivity contribution in [3.8, 4) is 0 Å². The Hall–Kier alpha value is -0.640. The second-order valence-electron chi connectivity index (χ2n) is 3.36. The van der Waals surface area contributed by atoms with Gasteiger partial charge in [-0.1, -0.05) is 0 Å². The molecular weight excluding hydrogens is 232 g/mol. The molecule has 0 saturated heterocycles. The van der Waals surface area contributed by atoms with Gasteiger partial charge < -0.3 is 9.36 Å². The van der Waals surface area contributed by atoms with Crippen molar-refractivity contribution in [1.29, 1.82) is 0 Å². The molecule has 0 amide bonds. The summed E-state index contributed by atoms with van der Waals surface area (Å²) in [4.78, 5) is 15.1. The number of halogens is 1. The molecule has 0 aromatic carbocycles. The molecule has 2 rings (SSSR count). The van der Waals surface area contributed by atoms with Crippen molar-refractivity contribution in [3.63, 3.8) is 0 Å². The van der Waals surface area contributed by atoms with E-state index in [4.69, 9.17) is 0 Å². The number of rotatable bonds is 1. The van der Waals surface area contributed by atoms with Crippen LogP contribution in [-0.4, -0.2) is 15.8 Å². The molecule has 0 saturated carbocycles. The van der Waals surface area contributed by atoms with Gasteiger partial charge in [0.05, 0.1) is 11.7 Å². The SMILES string of the molecule is Cc1nc(Br)c2n1C(C=O)CCC2. The summed E-state index contributed by atoms with van der Waals surface area (Å²) in [6, 6.07) is 0.00236. The van der Waals surface area contributed by atoms with E-state index in [-0.39, 0.29) is 6.04 Å². The monoisotopic (exact) mass is 242 g/mol. The molecule has 0 bridgehead atoms. The summed E-state index contributed by atoms with van der Waals surface area (Å²) in [5.41, 5.74) is 1.17. The van der Waals surface area contributed by atoms with Crippen molar-refractivity contribution in [2.24, 2.45) is 0 Å². The van der Waals surface area contributed by atoms with Crippen LogP contribution in [0.3, 0.4) is 0 Å².